The zero-order valence-electron chi connectivity index (χ0n) is 85.2. The lowest BCUT2D eigenvalue weighted by Crippen LogP contribution is -2.72. The van der Waals surface area contributed by atoms with Crippen LogP contribution in [0.25, 0.3) is 0 Å². The fourth-order valence-corrected chi connectivity index (χ4v) is 34.1. The van der Waals surface area contributed by atoms with E-state index in [9.17, 15) is 49.5 Å². The summed E-state index contributed by atoms with van der Waals surface area (Å²) < 4.78 is 24.5. The van der Waals surface area contributed by atoms with Crippen LogP contribution < -0.4 is 0 Å². The lowest BCUT2D eigenvalue weighted by atomic mass is 9.47. The third-order valence-corrected chi connectivity index (χ3v) is 43.9. The van der Waals surface area contributed by atoms with Crippen molar-refractivity contribution in [3.05, 3.63) is 0 Å². The maximum atomic E-state index is 12.8. The average molecular weight is 1920 g/mol. The molecule has 0 saturated heterocycles. The van der Waals surface area contributed by atoms with Gasteiger partial charge < -0.3 is 49.6 Å². The van der Waals surface area contributed by atoms with Crippen molar-refractivity contribution in [3.63, 3.8) is 0 Å². The zero-order chi connectivity index (χ0) is 93.1. The maximum absolute atomic E-state index is 12.8. The molecule has 23 aliphatic rings. The van der Waals surface area contributed by atoms with Gasteiger partial charge in [0.15, 0.2) is 0 Å². The molecule has 0 amide bonds. The minimum atomic E-state index is -1.13. The molecule has 802 valence electrons. The van der Waals surface area contributed by atoms with Crippen molar-refractivity contribution in [2.24, 2.45) is 204 Å². The van der Waals surface area contributed by atoms with Gasteiger partial charge in [0.25, 0.3) is 0 Å². The number of carboxylic acid groups (broad SMARTS) is 1. The van der Waals surface area contributed by atoms with Crippen LogP contribution in [0.5, 0.6) is 0 Å². The standard InChI is InChI=1S/C21H36O2.C19H32O2.C17H28O3.C16H26O5.C10H16O2.C10H18.C9H16O.C9H16.10CH4/c1-8-18(3,4)17(22)23-20(7)11-12-21-13-16(20)19(5,6)15(21)10-9-14(21)2;1-6-18(4,5)17(20)21-19(12(2)3)15-8-13-7-14(10-15)11-16(19)9-13;1-5-15(2,3)14(18)20-16(4)12-6-11-7-13(16)10-17(19,8-11)9-12;1-4-12(2,3)11(17)21-16-8-13(18)5-14(19,9-16)7-15(20,6-13)10-16;1-5-6(2)8-3-7(5)4-9(8)10(11)12;1-6-4-9-5-10(6)8(3)7(9)2;1-5-6(2)8-3-7(5)4-9(8)10;1-6-7(2)9-4-3-8(6)5-9;;;;;;;;;;/h14-16H,8-13H2,1-7H3;12-16H,6-11H2,1-5H3;11-13,19H,5-10H2,1-4H3;18-20H,4-10H2,1-3H3;5-9H,3-4H2,1-2H3,(H,11,12);6-10H,4-5H2,1-3H3;5-10H,3-4H2,1-2H3;6-9H,3-5H2,1-2H3;10*1H4/t14-,15?,16-,20-,21+;;;;;;;;;;;;;;;;;/m1................./s1. The van der Waals surface area contributed by atoms with E-state index >= 15 is 0 Å². The first-order valence-corrected chi connectivity index (χ1v) is 52.9. The van der Waals surface area contributed by atoms with Crippen LogP contribution in [0.3, 0.4) is 0 Å². The molecule has 23 rings (SSSR count). The molecule has 0 heterocycles. The summed E-state index contributed by atoms with van der Waals surface area (Å²) in [5.74, 6) is 21.3. The van der Waals surface area contributed by atoms with Crippen molar-refractivity contribution >= 4 is 29.8 Å². The monoisotopic (exact) mass is 1920 g/mol. The molecule has 6 N–H and O–H groups in total. The SMILES string of the molecule is C.C.C.C.C.C.C.C.C.C.CC1C2CC(C(=O)O)C(C2)C1C.CC1C2CC(O)C(C2)C1C.CC1C2CCC(C2)C1C.CC1CC2CC1C(C)C2C.CCC(C)(C)C(=O)OC1(C(C)C)C2CC3CC(C2)CC1C3.CCC(C)(C)C(=O)OC1(C)C2CC3CC1CC(O)(C3)C2.CCC(C)(C)C(=O)OC12CC3(O)CC(O)(CC(O)(C3)C1)C2.CCC(C)(C)C(=O)O[C@]1(C)CC[C@@]23C[C@@H]1C(C)(C)C2CC[C@H]3C. The first-order valence-electron chi connectivity index (χ1n) is 52.9. The smallest absolute Gasteiger partial charge is 0.312 e. The predicted molar refractivity (Wildman–Crippen MR) is 568 cm³/mol. The van der Waals surface area contributed by atoms with E-state index in [-0.39, 0.29) is 162 Å². The minimum absolute atomic E-state index is 0. The molecule has 23 aliphatic carbocycles. The van der Waals surface area contributed by atoms with E-state index in [1.165, 1.54) is 89.9 Å². The molecule has 23 saturated carbocycles. The summed E-state index contributed by atoms with van der Waals surface area (Å²) >= 11 is 0. The predicted octanol–water partition coefficient (Wildman–Crippen LogP) is 30.6. The molecule has 15 nitrogen and oxygen atoms in total. The number of carboxylic acids is 1. The number of aliphatic carboxylic acids is 1. The highest BCUT2D eigenvalue weighted by Crippen LogP contribution is 2.75. The summed E-state index contributed by atoms with van der Waals surface area (Å²) in [6.45, 7) is 61.3. The summed E-state index contributed by atoms with van der Waals surface area (Å²) in [7, 11) is 0. The Morgan fingerprint density at radius 1 is 0.360 bits per heavy atom. The van der Waals surface area contributed by atoms with E-state index in [0.717, 1.165) is 171 Å². The number of carbonyl (C=O) groups is 5. The Balaban J connectivity index is 0.000000403. The second kappa shape index (κ2) is 45.2. The number of hydrogen-bond donors (Lipinski definition) is 6. The molecule has 22 unspecified atom stereocenters. The second-order valence-electron chi connectivity index (χ2n) is 53.5. The minimum Gasteiger partial charge on any atom is -0.481 e. The number of esters is 4. The molecular weight excluding hydrogens is 1690 g/mol. The number of ether oxygens (including phenoxy) is 4. The molecule has 1 spiro atoms. The number of fused-ring (bicyclic) bond motifs is 9. The fraction of sp³-hybridized carbons (Fsp3) is 0.959. The molecular formula is C121H228O15. The van der Waals surface area contributed by atoms with Gasteiger partial charge >= 0.3 is 29.8 Å². The van der Waals surface area contributed by atoms with Gasteiger partial charge in [-0.05, 0) is 408 Å². The fourth-order valence-electron chi connectivity index (χ4n) is 34.1. The highest BCUT2D eigenvalue weighted by molar-refractivity contribution is 5.78. The molecule has 0 aliphatic heterocycles. The lowest BCUT2D eigenvalue weighted by molar-refractivity contribution is -0.302. The Hall–Kier alpha value is -2.85. The van der Waals surface area contributed by atoms with Gasteiger partial charge in [-0.25, -0.2) is 0 Å². The first kappa shape index (κ1) is 127. The third kappa shape index (κ3) is 23.7. The van der Waals surface area contributed by atoms with E-state index in [0.29, 0.717) is 96.2 Å². The molecule has 0 aromatic heterocycles. The van der Waals surface area contributed by atoms with Gasteiger partial charge in [0.1, 0.15) is 22.4 Å². The van der Waals surface area contributed by atoms with Gasteiger partial charge in [-0.3, -0.25) is 24.0 Å². The molecule has 136 heavy (non-hydrogen) atoms. The Labute approximate surface area is 840 Å². The molecule has 26 atom stereocenters. The molecule has 0 aromatic carbocycles. The van der Waals surface area contributed by atoms with Crippen LogP contribution in [0.2, 0.25) is 0 Å². The maximum Gasteiger partial charge on any atom is 0.312 e. The number of aliphatic hydroxyl groups is 5. The van der Waals surface area contributed by atoms with E-state index in [2.05, 4.69) is 125 Å². The van der Waals surface area contributed by atoms with Crippen molar-refractivity contribution in [3.8, 4) is 0 Å². The summed E-state index contributed by atoms with van der Waals surface area (Å²) in [5, 5.41) is 61.1. The third-order valence-electron chi connectivity index (χ3n) is 43.9. The van der Waals surface area contributed by atoms with E-state index < -0.39 is 44.8 Å². The molecule has 23 fully saturated rings. The van der Waals surface area contributed by atoms with Crippen molar-refractivity contribution in [1.82, 2.24) is 0 Å². The quantitative estimate of drug-likeness (QED) is 0.0700. The van der Waals surface area contributed by atoms with E-state index in [1.807, 2.05) is 69.2 Å². The number of hydrogen-bond acceptors (Lipinski definition) is 14. The van der Waals surface area contributed by atoms with Crippen molar-refractivity contribution in [2.45, 2.75) is 537 Å². The second-order valence-corrected chi connectivity index (χ2v) is 53.5. The van der Waals surface area contributed by atoms with Gasteiger partial charge in [-0.15, -0.1) is 0 Å². The van der Waals surface area contributed by atoms with Crippen LogP contribution in [-0.2, 0) is 42.9 Å². The Morgan fingerprint density at radius 3 is 1.09 bits per heavy atom. The number of carbonyl (C=O) groups excluding carboxylic acids is 4. The van der Waals surface area contributed by atoms with E-state index in [1.54, 1.807) is 12.8 Å². The Morgan fingerprint density at radius 2 is 0.735 bits per heavy atom. The van der Waals surface area contributed by atoms with E-state index in [4.69, 9.17) is 24.1 Å². The molecule has 0 aromatic rings. The van der Waals surface area contributed by atoms with Crippen LogP contribution in [-0.4, -0.2) is 111 Å². The number of aliphatic hydroxyl groups excluding tert-OH is 1. The average Bonchev–Trinajstić information content (AvgIpc) is 1.62. The molecule has 15 heteroatoms. The van der Waals surface area contributed by atoms with Gasteiger partial charge in [0, 0.05) is 56.3 Å². The summed E-state index contributed by atoms with van der Waals surface area (Å²) in [6, 6.07) is 0. The lowest BCUT2D eigenvalue weighted by Gasteiger charge is -2.65. The largest absolute Gasteiger partial charge is 0.481 e. The van der Waals surface area contributed by atoms with Gasteiger partial charge in [0.05, 0.1) is 56.1 Å². The first-order chi connectivity index (χ1) is 58.2. The molecule has 22 bridgehead atoms. The summed E-state index contributed by atoms with van der Waals surface area (Å²) in [4.78, 5) is 61.3. The summed E-state index contributed by atoms with van der Waals surface area (Å²) in [6.07, 6.45) is 34.9. The Bertz CT molecular complexity index is 3690. The zero-order valence-corrected chi connectivity index (χ0v) is 85.2. The van der Waals surface area contributed by atoms with Crippen LogP contribution in [0, 0.1) is 204 Å². The van der Waals surface area contributed by atoms with Crippen molar-refractivity contribution < 1.29 is 73.6 Å². The van der Waals surface area contributed by atoms with Crippen LogP contribution >= 0.6 is 0 Å². The molecule has 0 radical (unpaired) electrons. The Kier molecular flexibility index (Phi) is 42.3. The van der Waals surface area contributed by atoms with Gasteiger partial charge in [-0.2, -0.15) is 0 Å². The number of rotatable bonds is 14. The highest BCUT2D eigenvalue weighted by atomic mass is 16.6. The van der Waals surface area contributed by atoms with Gasteiger partial charge in [-0.1, -0.05) is 199 Å². The van der Waals surface area contributed by atoms with Crippen LogP contribution in [0.1, 0.15) is 486 Å². The van der Waals surface area contributed by atoms with Crippen molar-refractivity contribution in [1.29, 1.82) is 0 Å². The summed E-state index contributed by atoms with van der Waals surface area (Å²) in [5.41, 5.74) is -6.51. The van der Waals surface area contributed by atoms with Crippen molar-refractivity contribution in [2.75, 3.05) is 0 Å². The van der Waals surface area contributed by atoms with Crippen LogP contribution in [0.15, 0.2) is 0 Å². The highest BCUT2D eigenvalue weighted by Gasteiger charge is 2.72. The normalized spacial score (nSPS) is 45.4. The topological polar surface area (TPSA) is 244 Å². The van der Waals surface area contributed by atoms with Gasteiger partial charge in [0.2, 0.25) is 0 Å². The van der Waals surface area contributed by atoms with Crippen LogP contribution in [0.4, 0.5) is 0 Å².